The van der Waals surface area contributed by atoms with Crippen molar-refractivity contribution in [2.24, 2.45) is 0 Å². The number of anilines is 2. The van der Waals surface area contributed by atoms with Crippen LogP contribution in [0.4, 0.5) is 11.6 Å². The summed E-state index contributed by atoms with van der Waals surface area (Å²) in [6.07, 6.45) is 3.98. The quantitative estimate of drug-likeness (QED) is 0.811. The fourth-order valence-electron chi connectivity index (χ4n) is 1.75. The van der Waals surface area contributed by atoms with E-state index in [9.17, 15) is 0 Å². The summed E-state index contributed by atoms with van der Waals surface area (Å²) in [4.78, 5) is 8.32. The number of aromatic nitrogens is 2. The Morgan fingerprint density at radius 3 is 2.94 bits per heavy atom. The van der Waals surface area contributed by atoms with Gasteiger partial charge in [0.15, 0.2) is 0 Å². The Kier molecular flexibility index (Phi) is 2.08. The Morgan fingerprint density at radius 2 is 2.24 bits per heavy atom. The number of fused-ring (bicyclic) bond motifs is 1. The zero-order valence-electron chi connectivity index (χ0n) is 9.14. The van der Waals surface area contributed by atoms with E-state index in [-0.39, 0.29) is 0 Å². The van der Waals surface area contributed by atoms with Gasteiger partial charge in [0, 0.05) is 23.0 Å². The lowest BCUT2D eigenvalue weighted by Crippen LogP contribution is -2.05. The number of rotatable bonds is 2. The maximum atomic E-state index is 8.94. The second kappa shape index (κ2) is 3.59. The van der Waals surface area contributed by atoms with E-state index in [2.05, 4.69) is 21.4 Å². The van der Waals surface area contributed by atoms with E-state index >= 15 is 0 Å². The molecule has 0 atom stereocenters. The Bertz CT molecular complexity index is 625. The molecule has 1 aliphatic rings. The van der Waals surface area contributed by atoms with Crippen LogP contribution in [0.3, 0.4) is 0 Å². The van der Waals surface area contributed by atoms with E-state index in [1.54, 1.807) is 18.3 Å². The molecule has 5 heteroatoms. The average molecular weight is 225 g/mol. The van der Waals surface area contributed by atoms with Crippen LogP contribution in [0, 0.1) is 11.3 Å². The molecule has 3 N–H and O–H groups in total. The van der Waals surface area contributed by atoms with E-state index < -0.39 is 0 Å². The number of nitrogens with zero attached hydrogens (tertiary/aromatic N) is 3. The number of nitrogens with one attached hydrogen (secondary N) is 1. The topological polar surface area (TPSA) is 87.6 Å². The molecule has 0 bridgehead atoms. The highest BCUT2D eigenvalue weighted by Crippen LogP contribution is 2.29. The molecule has 1 saturated carbocycles. The summed E-state index contributed by atoms with van der Waals surface area (Å²) < 4.78 is 0. The van der Waals surface area contributed by atoms with Gasteiger partial charge in [-0.2, -0.15) is 5.26 Å². The highest BCUT2D eigenvalue weighted by molar-refractivity contribution is 5.93. The summed E-state index contributed by atoms with van der Waals surface area (Å²) in [5.41, 5.74) is 6.07. The van der Waals surface area contributed by atoms with Gasteiger partial charge in [-0.15, -0.1) is 0 Å². The lowest BCUT2D eigenvalue weighted by molar-refractivity contribution is 1.11. The first-order valence-electron chi connectivity index (χ1n) is 5.49. The van der Waals surface area contributed by atoms with E-state index in [0.717, 1.165) is 29.4 Å². The summed E-state index contributed by atoms with van der Waals surface area (Å²) in [5.74, 6) is 1.19. The Balaban J connectivity index is 2.20. The third-order valence-corrected chi connectivity index (χ3v) is 2.77. The fourth-order valence-corrected chi connectivity index (χ4v) is 1.75. The molecule has 0 aliphatic heterocycles. The number of pyridine rings is 2. The summed E-state index contributed by atoms with van der Waals surface area (Å²) in [6.45, 7) is 0. The molecule has 2 aromatic heterocycles. The molecular weight excluding hydrogens is 214 g/mol. The van der Waals surface area contributed by atoms with Crippen molar-refractivity contribution in [1.29, 1.82) is 5.26 Å². The maximum absolute atomic E-state index is 8.94. The van der Waals surface area contributed by atoms with Crippen molar-refractivity contribution < 1.29 is 0 Å². The lowest BCUT2D eigenvalue weighted by Gasteiger charge is -2.08. The van der Waals surface area contributed by atoms with Crippen molar-refractivity contribution in [3.05, 3.63) is 24.0 Å². The van der Waals surface area contributed by atoms with Crippen molar-refractivity contribution in [2.75, 3.05) is 11.1 Å². The molecule has 1 fully saturated rings. The zero-order valence-corrected chi connectivity index (χ0v) is 9.14. The third kappa shape index (κ3) is 1.85. The standard InChI is InChI=1S/C12H11N5/c13-5-9-3-7-6-15-11(14)4-10(7)12(17-9)16-8-1-2-8/h3-4,6,8H,1-2H2,(H2,14,15)(H,16,17). The van der Waals surface area contributed by atoms with Gasteiger partial charge in [0.2, 0.25) is 0 Å². The van der Waals surface area contributed by atoms with Crippen molar-refractivity contribution in [2.45, 2.75) is 18.9 Å². The highest BCUT2D eigenvalue weighted by atomic mass is 15.0. The normalized spacial score (nSPS) is 14.5. The van der Waals surface area contributed by atoms with Gasteiger partial charge in [-0.05, 0) is 25.0 Å². The molecule has 0 amide bonds. The lowest BCUT2D eigenvalue weighted by atomic mass is 10.2. The average Bonchev–Trinajstić information content (AvgIpc) is 3.13. The zero-order chi connectivity index (χ0) is 11.8. The van der Waals surface area contributed by atoms with Gasteiger partial charge < -0.3 is 11.1 Å². The van der Waals surface area contributed by atoms with Crippen LogP contribution >= 0.6 is 0 Å². The minimum Gasteiger partial charge on any atom is -0.384 e. The van der Waals surface area contributed by atoms with Gasteiger partial charge in [-0.25, -0.2) is 9.97 Å². The van der Waals surface area contributed by atoms with Crippen LogP contribution < -0.4 is 11.1 Å². The number of nitrogen functional groups attached to an aromatic ring is 1. The van der Waals surface area contributed by atoms with Crippen molar-refractivity contribution in [3.63, 3.8) is 0 Å². The molecule has 0 saturated heterocycles. The highest BCUT2D eigenvalue weighted by Gasteiger charge is 2.22. The molecule has 2 heterocycles. The second-order valence-electron chi connectivity index (χ2n) is 4.22. The minimum absolute atomic E-state index is 0.396. The predicted octanol–water partition coefficient (Wildman–Crippen LogP) is 1.66. The number of hydrogen-bond acceptors (Lipinski definition) is 5. The maximum Gasteiger partial charge on any atom is 0.143 e. The molecule has 84 valence electrons. The van der Waals surface area contributed by atoms with Crippen molar-refractivity contribution in [1.82, 2.24) is 9.97 Å². The van der Waals surface area contributed by atoms with Crippen LogP contribution in [0.5, 0.6) is 0 Å². The van der Waals surface area contributed by atoms with Gasteiger partial charge in [0.1, 0.15) is 23.4 Å². The van der Waals surface area contributed by atoms with Crippen LogP contribution in [0.1, 0.15) is 18.5 Å². The summed E-state index contributed by atoms with van der Waals surface area (Å²) in [7, 11) is 0. The van der Waals surface area contributed by atoms with E-state index in [1.807, 2.05) is 0 Å². The minimum atomic E-state index is 0.396. The molecule has 1 aliphatic carbocycles. The van der Waals surface area contributed by atoms with E-state index in [1.165, 1.54) is 0 Å². The van der Waals surface area contributed by atoms with Crippen LogP contribution in [0.25, 0.3) is 10.8 Å². The van der Waals surface area contributed by atoms with Crippen LogP contribution in [-0.4, -0.2) is 16.0 Å². The Hall–Kier alpha value is -2.35. The molecule has 0 radical (unpaired) electrons. The molecule has 0 spiro atoms. The Labute approximate surface area is 98.3 Å². The number of hydrogen-bond donors (Lipinski definition) is 2. The third-order valence-electron chi connectivity index (χ3n) is 2.77. The number of nitriles is 1. The van der Waals surface area contributed by atoms with E-state index in [4.69, 9.17) is 11.0 Å². The summed E-state index contributed by atoms with van der Waals surface area (Å²) in [6, 6.07) is 6.05. The first kappa shape index (κ1) is 9.85. The van der Waals surface area contributed by atoms with Gasteiger partial charge in [0.05, 0.1) is 0 Å². The SMILES string of the molecule is N#Cc1cc2cnc(N)cc2c(NC2CC2)n1. The first-order chi connectivity index (χ1) is 8.26. The number of nitrogens with two attached hydrogens (primary N) is 1. The van der Waals surface area contributed by atoms with Crippen molar-refractivity contribution in [3.8, 4) is 6.07 Å². The fraction of sp³-hybridized carbons (Fsp3) is 0.250. The second-order valence-corrected chi connectivity index (χ2v) is 4.22. The molecule has 2 aromatic rings. The van der Waals surface area contributed by atoms with Gasteiger partial charge >= 0.3 is 0 Å². The predicted molar refractivity (Wildman–Crippen MR) is 65.3 cm³/mol. The monoisotopic (exact) mass is 225 g/mol. The summed E-state index contributed by atoms with van der Waals surface area (Å²) >= 11 is 0. The molecule has 0 unspecified atom stereocenters. The van der Waals surface area contributed by atoms with Gasteiger partial charge in [0.25, 0.3) is 0 Å². The Morgan fingerprint density at radius 1 is 1.41 bits per heavy atom. The molecule has 5 nitrogen and oxygen atoms in total. The van der Waals surface area contributed by atoms with Crippen LogP contribution in [-0.2, 0) is 0 Å². The molecular formula is C12H11N5. The smallest absolute Gasteiger partial charge is 0.143 e. The largest absolute Gasteiger partial charge is 0.384 e. The van der Waals surface area contributed by atoms with Gasteiger partial charge in [-0.1, -0.05) is 0 Å². The van der Waals surface area contributed by atoms with Gasteiger partial charge in [-0.3, -0.25) is 0 Å². The molecule has 3 rings (SSSR count). The van der Waals surface area contributed by atoms with Crippen LogP contribution in [0.15, 0.2) is 18.3 Å². The molecule has 17 heavy (non-hydrogen) atoms. The van der Waals surface area contributed by atoms with Crippen molar-refractivity contribution >= 4 is 22.4 Å². The molecule has 0 aromatic carbocycles. The summed E-state index contributed by atoms with van der Waals surface area (Å²) in [5, 5.41) is 14.1. The van der Waals surface area contributed by atoms with Crippen LogP contribution in [0.2, 0.25) is 0 Å². The van der Waals surface area contributed by atoms with E-state index in [0.29, 0.717) is 17.6 Å². The first-order valence-corrected chi connectivity index (χ1v) is 5.49.